The van der Waals surface area contributed by atoms with Crippen LogP contribution in [0, 0.1) is 6.92 Å². The fourth-order valence-electron chi connectivity index (χ4n) is 4.29. The standard InChI is InChI=1S/C31H33N3O5/c1-7-38-28-16-20(4)25(17-24(28)19(2)3)29-33-26-14-10-9-13-23(26)30(35)34(29)32-18-22-12-8-11-15-27(22)39-21(5)31(36)37-6/h8-19,21H,7H2,1-6H3/t21-/m0/s1. The molecular formula is C31H33N3O5. The van der Waals surface area contributed by atoms with Crippen LogP contribution < -0.4 is 15.0 Å². The second-order valence-electron chi connectivity index (χ2n) is 9.43. The molecule has 8 heteroatoms. The molecule has 39 heavy (non-hydrogen) atoms. The molecule has 0 unspecified atom stereocenters. The predicted molar refractivity (Wildman–Crippen MR) is 153 cm³/mol. The van der Waals surface area contributed by atoms with Gasteiger partial charge in [0, 0.05) is 11.1 Å². The Kier molecular flexibility index (Phi) is 8.44. The number of methoxy groups -OCH3 is 1. The third-order valence-electron chi connectivity index (χ3n) is 6.34. The lowest BCUT2D eigenvalue weighted by Crippen LogP contribution is -2.25. The van der Waals surface area contributed by atoms with Crippen LogP contribution in [-0.4, -0.2) is 41.7 Å². The second-order valence-corrected chi connectivity index (χ2v) is 9.43. The number of hydrogen-bond acceptors (Lipinski definition) is 7. The minimum Gasteiger partial charge on any atom is -0.494 e. The molecule has 0 amide bonds. The zero-order valence-electron chi connectivity index (χ0n) is 23.1. The van der Waals surface area contributed by atoms with Crippen molar-refractivity contribution in [2.45, 2.75) is 46.6 Å². The van der Waals surface area contributed by atoms with Crippen molar-refractivity contribution in [1.29, 1.82) is 0 Å². The number of ether oxygens (including phenoxy) is 3. The van der Waals surface area contributed by atoms with Gasteiger partial charge in [-0.15, -0.1) is 0 Å². The fourth-order valence-corrected chi connectivity index (χ4v) is 4.29. The summed E-state index contributed by atoms with van der Waals surface area (Å²) >= 11 is 0. The number of carbonyl (C=O) groups excluding carboxylic acids is 1. The molecule has 1 aromatic heterocycles. The van der Waals surface area contributed by atoms with Crippen LogP contribution >= 0.6 is 0 Å². The average molecular weight is 528 g/mol. The molecule has 1 atom stereocenters. The van der Waals surface area contributed by atoms with Crippen molar-refractivity contribution >= 4 is 23.1 Å². The van der Waals surface area contributed by atoms with E-state index in [0.717, 1.165) is 22.4 Å². The molecule has 202 valence electrons. The van der Waals surface area contributed by atoms with E-state index in [1.165, 1.54) is 18.0 Å². The van der Waals surface area contributed by atoms with Gasteiger partial charge in [0.25, 0.3) is 5.56 Å². The van der Waals surface area contributed by atoms with Gasteiger partial charge >= 0.3 is 5.97 Å². The van der Waals surface area contributed by atoms with Crippen molar-refractivity contribution in [2.24, 2.45) is 5.10 Å². The first-order valence-electron chi connectivity index (χ1n) is 12.9. The molecular weight excluding hydrogens is 494 g/mol. The van der Waals surface area contributed by atoms with Crippen LogP contribution in [0.15, 0.2) is 70.6 Å². The molecule has 8 nitrogen and oxygen atoms in total. The third-order valence-corrected chi connectivity index (χ3v) is 6.34. The number of para-hydroxylation sites is 2. The molecule has 0 aliphatic rings. The molecule has 4 rings (SSSR count). The highest BCUT2D eigenvalue weighted by Crippen LogP contribution is 2.34. The number of hydrogen-bond donors (Lipinski definition) is 0. The number of carbonyl (C=O) groups is 1. The smallest absolute Gasteiger partial charge is 0.346 e. The van der Waals surface area contributed by atoms with Crippen molar-refractivity contribution in [3.05, 3.63) is 87.7 Å². The van der Waals surface area contributed by atoms with Crippen LogP contribution in [0.25, 0.3) is 22.3 Å². The van der Waals surface area contributed by atoms with Gasteiger partial charge in [0.1, 0.15) is 11.5 Å². The van der Waals surface area contributed by atoms with Gasteiger partial charge in [0.15, 0.2) is 11.9 Å². The van der Waals surface area contributed by atoms with Gasteiger partial charge in [0.2, 0.25) is 0 Å². The van der Waals surface area contributed by atoms with E-state index in [4.69, 9.17) is 19.2 Å². The number of nitrogens with zero attached hydrogens (tertiary/aromatic N) is 3. The van der Waals surface area contributed by atoms with Gasteiger partial charge in [-0.25, -0.2) is 9.78 Å². The second kappa shape index (κ2) is 11.9. The Hall–Kier alpha value is -4.46. The number of fused-ring (bicyclic) bond motifs is 1. The zero-order valence-corrected chi connectivity index (χ0v) is 23.1. The quantitative estimate of drug-likeness (QED) is 0.204. The van der Waals surface area contributed by atoms with E-state index in [-0.39, 0.29) is 11.5 Å². The van der Waals surface area contributed by atoms with E-state index >= 15 is 0 Å². The summed E-state index contributed by atoms with van der Waals surface area (Å²) in [6, 6.07) is 18.4. The minimum absolute atomic E-state index is 0.191. The Morgan fingerprint density at radius 1 is 1.05 bits per heavy atom. The molecule has 0 bridgehead atoms. The molecule has 0 radical (unpaired) electrons. The summed E-state index contributed by atoms with van der Waals surface area (Å²) in [6.07, 6.45) is 0.722. The first kappa shape index (κ1) is 27.6. The molecule has 0 saturated carbocycles. The van der Waals surface area contributed by atoms with Crippen LogP contribution in [0.3, 0.4) is 0 Å². The Morgan fingerprint density at radius 3 is 2.49 bits per heavy atom. The number of esters is 1. The molecule has 0 aliphatic heterocycles. The SMILES string of the molecule is CCOc1cc(C)c(-c2nc3ccccc3c(=O)n2N=Cc2ccccc2O[C@@H](C)C(=O)OC)cc1C(C)C. The highest BCUT2D eigenvalue weighted by atomic mass is 16.6. The molecule has 0 fully saturated rings. The Morgan fingerprint density at radius 2 is 1.77 bits per heavy atom. The van der Waals surface area contributed by atoms with Crippen molar-refractivity contribution in [1.82, 2.24) is 9.66 Å². The van der Waals surface area contributed by atoms with Gasteiger partial charge < -0.3 is 14.2 Å². The van der Waals surface area contributed by atoms with E-state index in [1.54, 1.807) is 37.3 Å². The van der Waals surface area contributed by atoms with Crippen LogP contribution in [0.1, 0.15) is 50.3 Å². The van der Waals surface area contributed by atoms with Crippen molar-refractivity contribution in [2.75, 3.05) is 13.7 Å². The molecule has 3 aromatic carbocycles. The zero-order chi connectivity index (χ0) is 28.1. The Labute approximate surface area is 227 Å². The number of rotatable bonds is 9. The van der Waals surface area contributed by atoms with Crippen molar-refractivity contribution in [3.63, 3.8) is 0 Å². The lowest BCUT2D eigenvalue weighted by atomic mass is 9.96. The van der Waals surface area contributed by atoms with Crippen LogP contribution in [-0.2, 0) is 9.53 Å². The topological polar surface area (TPSA) is 92.0 Å². The highest BCUT2D eigenvalue weighted by Gasteiger charge is 2.19. The molecule has 4 aromatic rings. The Balaban J connectivity index is 1.90. The van der Waals surface area contributed by atoms with E-state index in [1.807, 2.05) is 44.2 Å². The van der Waals surface area contributed by atoms with Crippen molar-refractivity contribution < 1.29 is 19.0 Å². The summed E-state index contributed by atoms with van der Waals surface area (Å²) in [5.74, 6) is 1.36. The van der Waals surface area contributed by atoms with Gasteiger partial charge in [-0.1, -0.05) is 38.1 Å². The fraction of sp³-hybridized carbons (Fsp3) is 0.290. The monoisotopic (exact) mass is 527 g/mol. The highest BCUT2D eigenvalue weighted by molar-refractivity contribution is 5.85. The minimum atomic E-state index is -0.814. The lowest BCUT2D eigenvalue weighted by Gasteiger charge is -2.18. The third kappa shape index (κ3) is 5.85. The van der Waals surface area contributed by atoms with E-state index in [0.29, 0.717) is 34.6 Å². The van der Waals surface area contributed by atoms with Gasteiger partial charge in [-0.05, 0) is 74.2 Å². The largest absolute Gasteiger partial charge is 0.494 e. The number of aryl methyl sites for hydroxylation is 1. The van der Waals surface area contributed by atoms with E-state index in [2.05, 4.69) is 18.9 Å². The van der Waals surface area contributed by atoms with Crippen LogP contribution in [0.4, 0.5) is 0 Å². The average Bonchev–Trinajstić information content (AvgIpc) is 2.93. The lowest BCUT2D eigenvalue weighted by molar-refractivity contribution is -0.147. The summed E-state index contributed by atoms with van der Waals surface area (Å²) in [4.78, 5) is 30.5. The van der Waals surface area contributed by atoms with Gasteiger partial charge in [-0.2, -0.15) is 9.78 Å². The summed E-state index contributed by atoms with van der Waals surface area (Å²) in [5, 5.41) is 5.05. The first-order valence-corrected chi connectivity index (χ1v) is 12.9. The number of benzene rings is 3. The molecule has 0 saturated heterocycles. The predicted octanol–water partition coefficient (Wildman–Crippen LogP) is 5.72. The van der Waals surface area contributed by atoms with Crippen molar-refractivity contribution in [3.8, 4) is 22.9 Å². The maximum atomic E-state index is 13.7. The molecule has 0 spiro atoms. The first-order chi connectivity index (χ1) is 18.7. The van der Waals surface area contributed by atoms with E-state index < -0.39 is 12.1 Å². The molecule has 1 heterocycles. The molecule has 0 N–H and O–H groups in total. The number of aromatic nitrogens is 2. The molecule has 0 aliphatic carbocycles. The summed E-state index contributed by atoms with van der Waals surface area (Å²) in [5.41, 5.74) is 3.58. The van der Waals surface area contributed by atoms with Crippen LogP contribution in [0.5, 0.6) is 11.5 Å². The summed E-state index contributed by atoms with van der Waals surface area (Å²) < 4.78 is 17.8. The maximum absolute atomic E-state index is 13.7. The van der Waals surface area contributed by atoms with E-state index in [9.17, 15) is 9.59 Å². The normalized spacial score (nSPS) is 12.2. The van der Waals surface area contributed by atoms with Crippen LogP contribution in [0.2, 0.25) is 0 Å². The van der Waals surface area contributed by atoms with Gasteiger partial charge in [-0.3, -0.25) is 4.79 Å². The summed E-state index contributed by atoms with van der Waals surface area (Å²) in [7, 11) is 1.31. The Bertz CT molecular complexity index is 1590. The maximum Gasteiger partial charge on any atom is 0.346 e. The summed E-state index contributed by atoms with van der Waals surface area (Å²) in [6.45, 7) is 10.3. The van der Waals surface area contributed by atoms with Gasteiger partial charge in [0.05, 0.1) is 30.8 Å².